The Morgan fingerprint density at radius 3 is 2.86 bits per heavy atom. The van der Waals surface area contributed by atoms with E-state index in [1.165, 1.54) is 0 Å². The third-order valence-electron chi connectivity index (χ3n) is 1.92. The van der Waals surface area contributed by atoms with Crippen molar-refractivity contribution in [1.29, 1.82) is 0 Å². The van der Waals surface area contributed by atoms with Crippen LogP contribution in [0.2, 0.25) is 0 Å². The second kappa shape index (κ2) is 6.04. The minimum Gasteiger partial charge on any atom is -0.492 e. The molecule has 3 heteroatoms. The summed E-state index contributed by atoms with van der Waals surface area (Å²) in [7, 11) is 0. The van der Waals surface area contributed by atoms with E-state index in [4.69, 9.17) is 4.74 Å². The van der Waals surface area contributed by atoms with Gasteiger partial charge in [-0.05, 0) is 37.2 Å². The Morgan fingerprint density at radius 2 is 2.21 bits per heavy atom. The van der Waals surface area contributed by atoms with Gasteiger partial charge in [-0.3, -0.25) is 0 Å². The Bertz CT molecular complexity index is 289. The van der Waals surface area contributed by atoms with Gasteiger partial charge in [0.05, 0.1) is 0 Å². The number of hydrogen-bond donors (Lipinski definition) is 1. The molecule has 0 aliphatic carbocycles. The number of nitrogens with one attached hydrogen (secondary N) is 1. The van der Waals surface area contributed by atoms with Crippen LogP contribution in [0.4, 0.5) is 0 Å². The average Bonchev–Trinajstić information content (AvgIpc) is 2.15. The topological polar surface area (TPSA) is 21.3 Å². The largest absolute Gasteiger partial charge is 0.492 e. The van der Waals surface area contributed by atoms with E-state index in [1.54, 1.807) is 0 Å². The zero-order valence-electron chi connectivity index (χ0n) is 8.64. The fourth-order valence-electron chi connectivity index (χ4n) is 1.18. The zero-order valence-corrected chi connectivity index (χ0v) is 10.2. The van der Waals surface area contributed by atoms with Gasteiger partial charge in [0.1, 0.15) is 12.4 Å². The van der Waals surface area contributed by atoms with Gasteiger partial charge in [0.15, 0.2) is 0 Å². The summed E-state index contributed by atoms with van der Waals surface area (Å²) in [4.78, 5) is 0. The fraction of sp³-hybridized carbons (Fsp3) is 0.455. The van der Waals surface area contributed by atoms with E-state index in [0.717, 1.165) is 35.5 Å². The monoisotopic (exact) mass is 257 g/mol. The Labute approximate surface area is 93.8 Å². The molecule has 0 unspecified atom stereocenters. The molecule has 2 nitrogen and oxygen atoms in total. The van der Waals surface area contributed by atoms with Crippen molar-refractivity contribution in [3.05, 3.63) is 28.2 Å². The normalized spacial score (nSPS) is 10.2. The molecule has 0 heterocycles. The molecule has 1 rings (SSSR count). The molecule has 1 aromatic rings. The molecule has 0 saturated carbocycles. The Kier molecular flexibility index (Phi) is 4.98. The van der Waals surface area contributed by atoms with Gasteiger partial charge in [-0.15, -0.1) is 0 Å². The Morgan fingerprint density at radius 1 is 1.43 bits per heavy atom. The van der Waals surface area contributed by atoms with Gasteiger partial charge < -0.3 is 10.1 Å². The lowest BCUT2D eigenvalue weighted by molar-refractivity contribution is 0.313. The van der Waals surface area contributed by atoms with Crippen molar-refractivity contribution in [3.63, 3.8) is 0 Å². The van der Waals surface area contributed by atoms with Crippen molar-refractivity contribution in [3.8, 4) is 5.75 Å². The highest BCUT2D eigenvalue weighted by Crippen LogP contribution is 2.21. The molecule has 0 fully saturated rings. The number of rotatable bonds is 5. The second-order valence-corrected chi connectivity index (χ2v) is 4.03. The number of aryl methyl sites for hydroxylation is 1. The van der Waals surface area contributed by atoms with Crippen molar-refractivity contribution in [1.82, 2.24) is 5.32 Å². The van der Waals surface area contributed by atoms with Gasteiger partial charge in [0, 0.05) is 11.0 Å². The predicted octanol–water partition coefficient (Wildman–Crippen LogP) is 2.75. The molecule has 0 aliphatic rings. The lowest BCUT2D eigenvalue weighted by atomic mass is 10.2. The molecular weight excluding hydrogens is 242 g/mol. The summed E-state index contributed by atoms with van der Waals surface area (Å²) in [5.74, 6) is 0.964. The number of hydrogen-bond acceptors (Lipinski definition) is 2. The van der Waals surface area contributed by atoms with Gasteiger partial charge in [-0.25, -0.2) is 0 Å². The fourth-order valence-corrected chi connectivity index (χ4v) is 1.66. The number of halogens is 1. The third-order valence-corrected chi connectivity index (χ3v) is 2.42. The minimum atomic E-state index is 0.719. The van der Waals surface area contributed by atoms with Crippen LogP contribution < -0.4 is 10.1 Å². The summed E-state index contributed by atoms with van der Waals surface area (Å²) in [6.07, 6.45) is 0. The van der Waals surface area contributed by atoms with Crippen molar-refractivity contribution in [2.24, 2.45) is 0 Å². The summed E-state index contributed by atoms with van der Waals surface area (Å²) in [6.45, 7) is 6.74. The van der Waals surface area contributed by atoms with Crippen LogP contribution in [0.5, 0.6) is 5.75 Å². The predicted molar refractivity (Wildman–Crippen MR) is 62.9 cm³/mol. The molecular formula is C11H16BrNO. The first-order chi connectivity index (χ1) is 6.74. The lowest BCUT2D eigenvalue weighted by Crippen LogP contribution is -2.20. The SMILES string of the molecule is CCNCCOc1ccc(Br)cc1C. The number of ether oxygens (including phenoxy) is 1. The third kappa shape index (κ3) is 3.68. The molecule has 0 saturated heterocycles. The van der Waals surface area contributed by atoms with Crippen LogP contribution in [-0.2, 0) is 0 Å². The standard InChI is InChI=1S/C11H16BrNO/c1-3-13-6-7-14-11-5-4-10(12)8-9(11)2/h4-5,8,13H,3,6-7H2,1-2H3. The second-order valence-electron chi connectivity index (χ2n) is 3.11. The van der Waals surface area contributed by atoms with Crippen LogP contribution in [0.15, 0.2) is 22.7 Å². The van der Waals surface area contributed by atoms with Crippen molar-refractivity contribution in [2.45, 2.75) is 13.8 Å². The van der Waals surface area contributed by atoms with Gasteiger partial charge in [0.25, 0.3) is 0 Å². The maximum atomic E-state index is 5.61. The lowest BCUT2D eigenvalue weighted by Gasteiger charge is -2.09. The van der Waals surface area contributed by atoms with Gasteiger partial charge in [-0.2, -0.15) is 0 Å². The van der Waals surface area contributed by atoms with Crippen LogP contribution in [0.1, 0.15) is 12.5 Å². The van der Waals surface area contributed by atoms with E-state index in [1.807, 2.05) is 19.1 Å². The van der Waals surface area contributed by atoms with Gasteiger partial charge >= 0.3 is 0 Å². The van der Waals surface area contributed by atoms with E-state index >= 15 is 0 Å². The molecule has 0 atom stereocenters. The number of benzene rings is 1. The smallest absolute Gasteiger partial charge is 0.122 e. The minimum absolute atomic E-state index is 0.719. The Balaban J connectivity index is 2.42. The molecule has 1 N–H and O–H groups in total. The Hall–Kier alpha value is -0.540. The van der Waals surface area contributed by atoms with Gasteiger partial charge in [-0.1, -0.05) is 22.9 Å². The molecule has 0 spiro atoms. The van der Waals surface area contributed by atoms with Crippen molar-refractivity contribution in [2.75, 3.05) is 19.7 Å². The molecule has 0 amide bonds. The van der Waals surface area contributed by atoms with E-state index in [-0.39, 0.29) is 0 Å². The molecule has 0 radical (unpaired) electrons. The first-order valence-corrected chi connectivity index (χ1v) is 5.63. The highest BCUT2D eigenvalue weighted by molar-refractivity contribution is 9.10. The van der Waals surface area contributed by atoms with Gasteiger partial charge in [0.2, 0.25) is 0 Å². The first-order valence-electron chi connectivity index (χ1n) is 4.83. The molecule has 0 aliphatic heterocycles. The van der Waals surface area contributed by atoms with Crippen LogP contribution in [-0.4, -0.2) is 19.7 Å². The highest BCUT2D eigenvalue weighted by atomic mass is 79.9. The molecule has 0 aromatic heterocycles. The maximum Gasteiger partial charge on any atom is 0.122 e. The first kappa shape index (κ1) is 11.5. The molecule has 1 aromatic carbocycles. The van der Waals surface area contributed by atoms with Crippen LogP contribution in [0, 0.1) is 6.92 Å². The van der Waals surface area contributed by atoms with Crippen LogP contribution >= 0.6 is 15.9 Å². The van der Waals surface area contributed by atoms with E-state index in [0.29, 0.717) is 0 Å². The van der Waals surface area contributed by atoms with E-state index in [9.17, 15) is 0 Å². The van der Waals surface area contributed by atoms with Crippen LogP contribution in [0.3, 0.4) is 0 Å². The van der Waals surface area contributed by atoms with E-state index in [2.05, 4.69) is 34.2 Å². The molecule has 78 valence electrons. The summed E-state index contributed by atoms with van der Waals surface area (Å²) in [5, 5.41) is 3.22. The molecule has 0 bridgehead atoms. The van der Waals surface area contributed by atoms with E-state index < -0.39 is 0 Å². The summed E-state index contributed by atoms with van der Waals surface area (Å²) >= 11 is 3.42. The summed E-state index contributed by atoms with van der Waals surface area (Å²) in [5.41, 5.74) is 1.16. The highest BCUT2D eigenvalue weighted by Gasteiger charge is 1.98. The quantitative estimate of drug-likeness (QED) is 0.820. The summed E-state index contributed by atoms with van der Waals surface area (Å²) < 4.78 is 6.70. The van der Waals surface area contributed by atoms with Crippen molar-refractivity contribution < 1.29 is 4.74 Å². The zero-order chi connectivity index (χ0) is 10.4. The van der Waals surface area contributed by atoms with Crippen molar-refractivity contribution >= 4 is 15.9 Å². The average molecular weight is 258 g/mol. The van der Waals surface area contributed by atoms with Crippen LogP contribution in [0.25, 0.3) is 0 Å². The maximum absolute atomic E-state index is 5.61. The summed E-state index contributed by atoms with van der Waals surface area (Å²) in [6, 6.07) is 6.05. The number of likely N-dealkylation sites (N-methyl/N-ethyl adjacent to an activating group) is 1. The molecule has 14 heavy (non-hydrogen) atoms.